The van der Waals surface area contributed by atoms with Crippen LogP contribution in [0.4, 0.5) is 0 Å². The minimum absolute atomic E-state index is 0.0602. The highest BCUT2D eigenvalue weighted by molar-refractivity contribution is 6.06. The van der Waals surface area contributed by atoms with E-state index < -0.39 is 6.10 Å². The number of ketones is 2. The number of hydrogen-bond donors (Lipinski definition) is 1. The maximum atomic E-state index is 10.5. The molecule has 48 valence electrons. The van der Waals surface area contributed by atoms with Crippen LogP contribution in [0.2, 0.25) is 0 Å². The highest BCUT2D eigenvalue weighted by Crippen LogP contribution is 2.02. The number of carbonyl (C=O) groups excluding carboxylic acids is 2. The van der Waals surface area contributed by atoms with Gasteiger partial charge in [0.1, 0.15) is 6.10 Å². The van der Waals surface area contributed by atoms with Gasteiger partial charge in [-0.25, -0.2) is 0 Å². The number of rotatable bonds is 0. The summed E-state index contributed by atoms with van der Waals surface area (Å²) in [5, 5.41) is 8.73. The van der Waals surface area contributed by atoms with Crippen LogP contribution in [0.25, 0.3) is 0 Å². The summed E-state index contributed by atoms with van der Waals surface area (Å²) < 4.78 is 0. The molecule has 0 saturated carbocycles. The zero-order chi connectivity index (χ0) is 6.85. The van der Waals surface area contributed by atoms with Crippen molar-refractivity contribution in [3.05, 3.63) is 12.2 Å². The van der Waals surface area contributed by atoms with Gasteiger partial charge in [0.25, 0.3) is 0 Å². The predicted molar refractivity (Wildman–Crippen MR) is 29.8 cm³/mol. The molecule has 3 nitrogen and oxygen atoms in total. The van der Waals surface area contributed by atoms with E-state index in [9.17, 15) is 9.59 Å². The Morgan fingerprint density at radius 3 is 2.56 bits per heavy atom. The van der Waals surface area contributed by atoms with Crippen LogP contribution in [0.3, 0.4) is 0 Å². The fourth-order valence-corrected chi connectivity index (χ4v) is 0.645. The Bertz CT molecular complexity index is 181. The number of allylic oxidation sites excluding steroid dienone is 1. The number of hydrogen-bond acceptors (Lipinski definition) is 3. The molecule has 0 amide bonds. The Morgan fingerprint density at radius 2 is 2.11 bits per heavy atom. The van der Waals surface area contributed by atoms with Gasteiger partial charge in [0.2, 0.25) is 0 Å². The molecule has 0 aromatic rings. The van der Waals surface area contributed by atoms with Crippen molar-refractivity contribution >= 4 is 11.6 Å². The van der Waals surface area contributed by atoms with E-state index in [1.807, 2.05) is 0 Å². The summed E-state index contributed by atoms with van der Waals surface area (Å²) in [6.45, 7) is 0. The minimum atomic E-state index is -1.09. The van der Waals surface area contributed by atoms with E-state index in [4.69, 9.17) is 5.11 Å². The third-order valence-electron chi connectivity index (χ3n) is 1.16. The zero-order valence-corrected chi connectivity index (χ0v) is 4.70. The number of carbonyl (C=O) groups is 2. The molecule has 0 aromatic heterocycles. The van der Waals surface area contributed by atoms with Crippen LogP contribution in [0.1, 0.15) is 6.42 Å². The topological polar surface area (TPSA) is 54.4 Å². The summed E-state index contributed by atoms with van der Waals surface area (Å²) in [5.41, 5.74) is 0. The second kappa shape index (κ2) is 2.11. The first kappa shape index (κ1) is 6.16. The number of aliphatic hydroxyl groups excluding tert-OH is 1. The molecular weight excluding hydrogens is 120 g/mol. The van der Waals surface area contributed by atoms with Crippen LogP contribution >= 0.6 is 0 Å². The van der Waals surface area contributed by atoms with Crippen molar-refractivity contribution in [1.82, 2.24) is 0 Å². The smallest absolute Gasteiger partial charge is 0.184 e. The number of aliphatic hydroxyl groups is 1. The summed E-state index contributed by atoms with van der Waals surface area (Å²) in [4.78, 5) is 20.9. The molecular formula is C6H6O3. The average molecular weight is 126 g/mol. The molecule has 1 N–H and O–H groups in total. The monoisotopic (exact) mass is 126 g/mol. The molecule has 0 aliphatic heterocycles. The molecule has 1 aliphatic rings. The van der Waals surface area contributed by atoms with Crippen LogP contribution in [0.5, 0.6) is 0 Å². The summed E-state index contributed by atoms with van der Waals surface area (Å²) >= 11 is 0. The molecule has 0 radical (unpaired) electrons. The first-order valence-electron chi connectivity index (χ1n) is 2.63. The highest BCUT2D eigenvalue weighted by atomic mass is 16.3. The van der Waals surface area contributed by atoms with E-state index in [0.29, 0.717) is 0 Å². The summed E-state index contributed by atoms with van der Waals surface area (Å²) in [7, 11) is 0. The lowest BCUT2D eigenvalue weighted by atomic mass is 10.0. The summed E-state index contributed by atoms with van der Waals surface area (Å²) in [6.07, 6.45) is 1.14. The Balaban J connectivity index is 2.76. The SMILES string of the molecule is O=C1C=CC(=O)C(O)C1. The van der Waals surface area contributed by atoms with Gasteiger partial charge in [0.05, 0.1) is 0 Å². The van der Waals surface area contributed by atoms with Gasteiger partial charge in [-0.2, -0.15) is 0 Å². The second-order valence-corrected chi connectivity index (χ2v) is 1.92. The third kappa shape index (κ3) is 1.23. The lowest BCUT2D eigenvalue weighted by Crippen LogP contribution is -2.25. The molecule has 0 heterocycles. The van der Waals surface area contributed by atoms with Gasteiger partial charge in [-0.05, 0) is 12.2 Å². The Labute approximate surface area is 52.0 Å². The molecule has 1 unspecified atom stereocenters. The van der Waals surface area contributed by atoms with E-state index in [0.717, 1.165) is 6.08 Å². The van der Waals surface area contributed by atoms with Crippen molar-refractivity contribution in [1.29, 1.82) is 0 Å². The molecule has 0 bridgehead atoms. The van der Waals surface area contributed by atoms with Crippen molar-refractivity contribution < 1.29 is 14.7 Å². The van der Waals surface area contributed by atoms with E-state index >= 15 is 0 Å². The fourth-order valence-electron chi connectivity index (χ4n) is 0.645. The van der Waals surface area contributed by atoms with Crippen LogP contribution < -0.4 is 0 Å². The normalized spacial score (nSPS) is 27.0. The molecule has 0 saturated heterocycles. The quantitative estimate of drug-likeness (QED) is 0.473. The summed E-state index contributed by atoms with van der Waals surface area (Å²) in [5.74, 6) is -0.572. The van der Waals surface area contributed by atoms with Crippen LogP contribution in [0, 0.1) is 0 Å². The van der Waals surface area contributed by atoms with Crippen molar-refractivity contribution in [3.63, 3.8) is 0 Å². The predicted octanol–water partition coefficient (Wildman–Crippen LogP) is -0.555. The summed E-state index contributed by atoms with van der Waals surface area (Å²) in [6, 6.07) is 0. The van der Waals surface area contributed by atoms with Gasteiger partial charge in [-0.15, -0.1) is 0 Å². The van der Waals surface area contributed by atoms with Gasteiger partial charge >= 0.3 is 0 Å². The Morgan fingerprint density at radius 1 is 1.44 bits per heavy atom. The second-order valence-electron chi connectivity index (χ2n) is 1.92. The lowest BCUT2D eigenvalue weighted by molar-refractivity contribution is -0.128. The van der Waals surface area contributed by atoms with Gasteiger partial charge in [0, 0.05) is 6.42 Å². The Kier molecular flexibility index (Phi) is 1.44. The maximum absolute atomic E-state index is 10.5. The Hall–Kier alpha value is -0.960. The van der Waals surface area contributed by atoms with Crippen LogP contribution in [0.15, 0.2) is 12.2 Å². The van der Waals surface area contributed by atoms with E-state index in [1.165, 1.54) is 6.08 Å². The zero-order valence-electron chi connectivity index (χ0n) is 4.70. The maximum Gasteiger partial charge on any atom is 0.184 e. The first-order valence-corrected chi connectivity index (χ1v) is 2.63. The molecule has 3 heteroatoms. The van der Waals surface area contributed by atoms with Crippen LogP contribution in [-0.4, -0.2) is 22.8 Å². The van der Waals surface area contributed by atoms with Crippen molar-refractivity contribution in [2.24, 2.45) is 0 Å². The highest BCUT2D eigenvalue weighted by Gasteiger charge is 2.19. The first-order chi connectivity index (χ1) is 4.20. The van der Waals surface area contributed by atoms with Crippen molar-refractivity contribution in [2.75, 3.05) is 0 Å². The van der Waals surface area contributed by atoms with E-state index in [1.54, 1.807) is 0 Å². The van der Waals surface area contributed by atoms with Crippen LogP contribution in [-0.2, 0) is 9.59 Å². The van der Waals surface area contributed by atoms with E-state index in [-0.39, 0.29) is 18.0 Å². The van der Waals surface area contributed by atoms with Crippen molar-refractivity contribution in [3.8, 4) is 0 Å². The minimum Gasteiger partial charge on any atom is -0.384 e. The molecule has 1 atom stereocenters. The largest absolute Gasteiger partial charge is 0.384 e. The lowest BCUT2D eigenvalue weighted by Gasteiger charge is -2.07. The standard InChI is InChI=1S/C6H6O3/c7-4-1-2-5(8)6(9)3-4/h1-2,6,9H,3H2. The van der Waals surface area contributed by atoms with E-state index in [2.05, 4.69) is 0 Å². The molecule has 1 aliphatic carbocycles. The van der Waals surface area contributed by atoms with Gasteiger partial charge in [0.15, 0.2) is 11.6 Å². The van der Waals surface area contributed by atoms with Gasteiger partial charge in [-0.1, -0.05) is 0 Å². The van der Waals surface area contributed by atoms with Gasteiger partial charge < -0.3 is 5.11 Å². The molecule has 0 aromatic carbocycles. The average Bonchev–Trinajstić information content (AvgIpc) is 1.80. The molecule has 0 spiro atoms. The molecule has 1 rings (SSSR count). The van der Waals surface area contributed by atoms with Crippen molar-refractivity contribution in [2.45, 2.75) is 12.5 Å². The van der Waals surface area contributed by atoms with Gasteiger partial charge in [-0.3, -0.25) is 9.59 Å². The molecule has 9 heavy (non-hydrogen) atoms. The molecule has 0 fully saturated rings. The fraction of sp³-hybridized carbons (Fsp3) is 0.333. The third-order valence-corrected chi connectivity index (χ3v) is 1.16.